The molecule has 0 aliphatic carbocycles. The zero-order valence-corrected chi connectivity index (χ0v) is 13.8. The maximum Gasteiger partial charge on any atom is 0.240 e. The fourth-order valence-corrected chi connectivity index (χ4v) is 2.34. The van der Waals surface area contributed by atoms with E-state index >= 15 is 0 Å². The number of nitrogens with one attached hydrogen (secondary N) is 1. The molecule has 0 radical (unpaired) electrons. The SMILES string of the molecule is NC(=O)C(Cc1ccccc1)NC(=O)CCOc1ccccc1Cl. The first-order valence-corrected chi connectivity index (χ1v) is 7.94. The molecule has 24 heavy (non-hydrogen) atoms. The lowest BCUT2D eigenvalue weighted by Gasteiger charge is -2.16. The molecule has 2 aromatic rings. The van der Waals surface area contributed by atoms with Crippen molar-refractivity contribution in [2.75, 3.05) is 6.61 Å². The summed E-state index contributed by atoms with van der Waals surface area (Å²) < 4.78 is 5.46. The summed E-state index contributed by atoms with van der Waals surface area (Å²) in [5.74, 6) is -0.358. The summed E-state index contributed by atoms with van der Waals surface area (Å²) in [6.07, 6.45) is 0.455. The fraction of sp³-hybridized carbons (Fsp3) is 0.222. The Hall–Kier alpha value is -2.53. The number of hydrogen-bond donors (Lipinski definition) is 2. The van der Waals surface area contributed by atoms with Gasteiger partial charge >= 0.3 is 0 Å². The molecule has 0 aliphatic rings. The molecule has 126 valence electrons. The van der Waals surface area contributed by atoms with Gasteiger partial charge in [0.2, 0.25) is 11.8 Å². The second-order valence-electron chi connectivity index (χ2n) is 5.24. The molecule has 6 heteroatoms. The average molecular weight is 347 g/mol. The van der Waals surface area contributed by atoms with Gasteiger partial charge in [-0.1, -0.05) is 54.1 Å². The third-order valence-corrected chi connectivity index (χ3v) is 3.70. The lowest BCUT2D eigenvalue weighted by molar-refractivity contribution is -0.127. The monoisotopic (exact) mass is 346 g/mol. The summed E-state index contributed by atoms with van der Waals surface area (Å²) >= 11 is 5.97. The first kappa shape index (κ1) is 17.8. The highest BCUT2D eigenvalue weighted by Crippen LogP contribution is 2.23. The lowest BCUT2D eigenvalue weighted by Crippen LogP contribution is -2.46. The highest BCUT2D eigenvalue weighted by Gasteiger charge is 2.18. The first-order valence-electron chi connectivity index (χ1n) is 7.56. The Kier molecular flexibility index (Phi) is 6.63. The molecule has 2 aromatic carbocycles. The van der Waals surface area contributed by atoms with Crippen LogP contribution in [-0.2, 0) is 16.0 Å². The van der Waals surface area contributed by atoms with E-state index in [-0.39, 0.29) is 18.9 Å². The number of para-hydroxylation sites is 1. The normalized spacial score (nSPS) is 11.5. The molecule has 0 fully saturated rings. The maximum absolute atomic E-state index is 12.0. The number of rotatable bonds is 8. The molecule has 0 bridgehead atoms. The van der Waals surface area contributed by atoms with Crippen molar-refractivity contribution in [2.24, 2.45) is 5.73 Å². The summed E-state index contributed by atoms with van der Waals surface area (Å²) in [5, 5.41) is 3.12. The van der Waals surface area contributed by atoms with Gasteiger partial charge in [0.25, 0.3) is 0 Å². The molecule has 5 nitrogen and oxygen atoms in total. The third kappa shape index (κ3) is 5.59. The molecule has 1 unspecified atom stereocenters. The van der Waals surface area contributed by atoms with Crippen molar-refractivity contribution in [1.29, 1.82) is 0 Å². The standard InChI is InChI=1S/C18H19ClN2O3/c19-14-8-4-5-9-16(14)24-11-10-17(22)21-15(18(20)23)12-13-6-2-1-3-7-13/h1-9,15H,10-12H2,(H2,20,23)(H,21,22). The topological polar surface area (TPSA) is 81.4 Å². The second kappa shape index (κ2) is 8.93. The van der Waals surface area contributed by atoms with Crippen molar-refractivity contribution in [3.05, 3.63) is 65.2 Å². The van der Waals surface area contributed by atoms with Crippen molar-refractivity contribution >= 4 is 23.4 Å². The van der Waals surface area contributed by atoms with E-state index in [1.807, 2.05) is 30.3 Å². The first-order chi connectivity index (χ1) is 11.6. The Bertz CT molecular complexity index is 692. The highest BCUT2D eigenvalue weighted by molar-refractivity contribution is 6.32. The van der Waals surface area contributed by atoms with E-state index in [4.69, 9.17) is 22.1 Å². The number of nitrogens with two attached hydrogens (primary N) is 1. The Balaban J connectivity index is 1.82. The van der Waals surface area contributed by atoms with Crippen LogP contribution in [0.5, 0.6) is 5.75 Å². The molecule has 0 aromatic heterocycles. The maximum atomic E-state index is 12.0. The van der Waals surface area contributed by atoms with Crippen LogP contribution in [0.25, 0.3) is 0 Å². The van der Waals surface area contributed by atoms with E-state index in [9.17, 15) is 9.59 Å². The van der Waals surface area contributed by atoms with Crippen molar-refractivity contribution in [2.45, 2.75) is 18.9 Å². The number of carbonyl (C=O) groups is 2. The second-order valence-corrected chi connectivity index (χ2v) is 5.65. The van der Waals surface area contributed by atoms with Crippen molar-refractivity contribution in [3.63, 3.8) is 0 Å². The number of primary amides is 1. The molecule has 0 saturated carbocycles. The molecule has 2 amide bonds. The van der Waals surface area contributed by atoms with Gasteiger partial charge < -0.3 is 15.8 Å². The molecular formula is C18H19ClN2O3. The van der Waals surface area contributed by atoms with Gasteiger partial charge in [-0.2, -0.15) is 0 Å². The molecule has 1 atom stereocenters. The van der Waals surface area contributed by atoms with Crippen LogP contribution in [0.2, 0.25) is 5.02 Å². The number of halogens is 1. The molecule has 0 spiro atoms. The summed E-state index contributed by atoms with van der Waals surface area (Å²) in [4.78, 5) is 23.5. The highest BCUT2D eigenvalue weighted by atomic mass is 35.5. The zero-order chi connectivity index (χ0) is 17.4. The van der Waals surface area contributed by atoms with Crippen LogP contribution in [-0.4, -0.2) is 24.5 Å². The van der Waals surface area contributed by atoms with Gasteiger partial charge in [-0.15, -0.1) is 0 Å². The summed E-state index contributed by atoms with van der Waals surface area (Å²) in [6.45, 7) is 0.159. The van der Waals surface area contributed by atoms with E-state index < -0.39 is 11.9 Å². The van der Waals surface area contributed by atoms with E-state index in [1.54, 1.807) is 24.3 Å². The van der Waals surface area contributed by atoms with E-state index in [0.717, 1.165) is 5.56 Å². The fourth-order valence-electron chi connectivity index (χ4n) is 2.15. The van der Waals surface area contributed by atoms with Gasteiger partial charge in [0.1, 0.15) is 11.8 Å². The van der Waals surface area contributed by atoms with E-state index in [0.29, 0.717) is 17.2 Å². The molecule has 3 N–H and O–H groups in total. The van der Waals surface area contributed by atoms with Crippen LogP contribution < -0.4 is 15.8 Å². The van der Waals surface area contributed by atoms with E-state index in [1.165, 1.54) is 0 Å². The largest absolute Gasteiger partial charge is 0.491 e. The smallest absolute Gasteiger partial charge is 0.240 e. The van der Waals surface area contributed by atoms with Crippen molar-refractivity contribution in [1.82, 2.24) is 5.32 Å². The average Bonchev–Trinajstić information content (AvgIpc) is 2.57. The van der Waals surface area contributed by atoms with Crippen molar-refractivity contribution in [3.8, 4) is 5.75 Å². The zero-order valence-electron chi connectivity index (χ0n) is 13.1. The quantitative estimate of drug-likeness (QED) is 0.769. The van der Waals surface area contributed by atoms with Crippen molar-refractivity contribution < 1.29 is 14.3 Å². The molecule has 0 aliphatic heterocycles. The number of carbonyl (C=O) groups excluding carboxylic acids is 2. The summed E-state index contributed by atoms with van der Waals surface area (Å²) in [5.41, 5.74) is 6.29. The summed E-state index contributed by atoms with van der Waals surface area (Å²) in [6, 6.07) is 15.6. The number of amides is 2. The Labute approximate surface area is 145 Å². The predicted octanol–water partition coefficient (Wildman–Crippen LogP) is 2.32. The van der Waals surface area contributed by atoms with Gasteiger partial charge in [0.05, 0.1) is 18.1 Å². The molecule has 2 rings (SSSR count). The van der Waals surface area contributed by atoms with Crippen LogP contribution >= 0.6 is 11.6 Å². The third-order valence-electron chi connectivity index (χ3n) is 3.38. The van der Waals surface area contributed by atoms with E-state index in [2.05, 4.69) is 5.32 Å². The van der Waals surface area contributed by atoms with Crippen LogP contribution in [0.3, 0.4) is 0 Å². The minimum atomic E-state index is -0.750. The summed E-state index contributed by atoms with van der Waals surface area (Å²) in [7, 11) is 0. The van der Waals surface area contributed by atoms with Gasteiger partial charge in [0, 0.05) is 6.42 Å². The van der Waals surface area contributed by atoms with Crippen LogP contribution in [0, 0.1) is 0 Å². The minimum absolute atomic E-state index is 0.101. The molecular weight excluding hydrogens is 328 g/mol. The Morgan fingerprint density at radius 3 is 2.42 bits per heavy atom. The van der Waals surface area contributed by atoms with Gasteiger partial charge in [0.15, 0.2) is 0 Å². The van der Waals surface area contributed by atoms with Gasteiger partial charge in [-0.05, 0) is 17.7 Å². The Morgan fingerprint density at radius 1 is 1.08 bits per heavy atom. The molecule has 0 saturated heterocycles. The number of ether oxygens (including phenoxy) is 1. The van der Waals surface area contributed by atoms with Crippen LogP contribution in [0.15, 0.2) is 54.6 Å². The number of hydrogen-bond acceptors (Lipinski definition) is 3. The van der Waals surface area contributed by atoms with Gasteiger partial charge in [-0.3, -0.25) is 9.59 Å². The number of benzene rings is 2. The Morgan fingerprint density at radius 2 is 1.75 bits per heavy atom. The minimum Gasteiger partial charge on any atom is -0.491 e. The molecule has 0 heterocycles. The lowest BCUT2D eigenvalue weighted by atomic mass is 10.1. The van der Waals surface area contributed by atoms with Crippen LogP contribution in [0.1, 0.15) is 12.0 Å². The van der Waals surface area contributed by atoms with Gasteiger partial charge in [-0.25, -0.2) is 0 Å². The predicted molar refractivity (Wildman–Crippen MR) is 92.8 cm³/mol. The van der Waals surface area contributed by atoms with Crippen LogP contribution in [0.4, 0.5) is 0 Å².